The maximum atomic E-state index is 3.41. The van der Waals surface area contributed by atoms with Crippen LogP contribution in [-0.2, 0) is 6.54 Å². The topological polar surface area (TPSA) is 15.3 Å². The zero-order valence-corrected chi connectivity index (χ0v) is 10.9. The molecule has 1 fully saturated rings. The Labute approximate surface area is 109 Å². The van der Waals surface area contributed by atoms with E-state index < -0.39 is 0 Å². The number of hydrogen-bond donors (Lipinski definition) is 1. The number of hydrogen-bond acceptors (Lipinski definition) is 2. The average Bonchev–Trinajstić information content (AvgIpc) is 2.43. The van der Waals surface area contributed by atoms with E-state index in [0.717, 1.165) is 32.7 Å². The van der Waals surface area contributed by atoms with E-state index in [1.807, 2.05) is 0 Å². The number of aryl methyl sites for hydroxylation is 1. The zero-order chi connectivity index (χ0) is 12.4. The second kappa shape index (κ2) is 5.09. The first-order valence-electron chi connectivity index (χ1n) is 6.75. The maximum absolute atomic E-state index is 3.41. The van der Waals surface area contributed by atoms with Gasteiger partial charge in [0.2, 0.25) is 0 Å². The van der Waals surface area contributed by atoms with Crippen molar-refractivity contribution >= 4 is 10.8 Å². The van der Waals surface area contributed by atoms with Crippen molar-refractivity contribution in [3.63, 3.8) is 0 Å². The molecular formula is C16H20N2. The highest BCUT2D eigenvalue weighted by atomic mass is 15.2. The second-order valence-electron chi connectivity index (χ2n) is 5.11. The van der Waals surface area contributed by atoms with E-state index in [1.54, 1.807) is 0 Å². The zero-order valence-electron chi connectivity index (χ0n) is 10.9. The smallest absolute Gasteiger partial charge is 0.0243 e. The van der Waals surface area contributed by atoms with Crippen LogP contribution in [0.2, 0.25) is 0 Å². The molecule has 0 aliphatic carbocycles. The van der Waals surface area contributed by atoms with Gasteiger partial charge in [0.05, 0.1) is 0 Å². The van der Waals surface area contributed by atoms with Crippen LogP contribution in [0.1, 0.15) is 11.1 Å². The molecule has 0 unspecified atom stereocenters. The number of nitrogens with one attached hydrogen (secondary N) is 1. The van der Waals surface area contributed by atoms with E-state index in [9.17, 15) is 0 Å². The Balaban J connectivity index is 1.96. The first kappa shape index (κ1) is 11.7. The highest BCUT2D eigenvalue weighted by Gasteiger charge is 2.12. The average molecular weight is 240 g/mol. The van der Waals surface area contributed by atoms with Crippen molar-refractivity contribution in [3.05, 3.63) is 47.5 Å². The monoisotopic (exact) mass is 240 g/mol. The van der Waals surface area contributed by atoms with E-state index in [0.29, 0.717) is 0 Å². The number of piperazine rings is 1. The predicted octanol–water partition coefficient (Wildman–Crippen LogP) is 2.55. The quantitative estimate of drug-likeness (QED) is 0.868. The molecule has 1 N–H and O–H groups in total. The minimum atomic E-state index is 1.08. The Bertz CT molecular complexity index is 542. The lowest BCUT2D eigenvalue weighted by Crippen LogP contribution is -2.43. The fourth-order valence-electron chi connectivity index (χ4n) is 2.75. The summed E-state index contributed by atoms with van der Waals surface area (Å²) >= 11 is 0. The van der Waals surface area contributed by atoms with Gasteiger partial charge < -0.3 is 5.32 Å². The Kier molecular flexibility index (Phi) is 3.31. The summed E-state index contributed by atoms with van der Waals surface area (Å²) in [6.45, 7) is 7.85. The predicted molar refractivity (Wildman–Crippen MR) is 76.8 cm³/mol. The summed E-state index contributed by atoms with van der Waals surface area (Å²) in [7, 11) is 0. The van der Waals surface area contributed by atoms with Crippen molar-refractivity contribution in [2.24, 2.45) is 0 Å². The molecule has 1 aliphatic heterocycles. The molecule has 1 saturated heterocycles. The molecule has 0 atom stereocenters. The highest BCUT2D eigenvalue weighted by molar-refractivity contribution is 5.86. The van der Waals surface area contributed by atoms with Crippen LogP contribution in [0.4, 0.5) is 0 Å². The van der Waals surface area contributed by atoms with Gasteiger partial charge in [-0.2, -0.15) is 0 Å². The van der Waals surface area contributed by atoms with Crippen molar-refractivity contribution in [2.45, 2.75) is 13.5 Å². The number of rotatable bonds is 2. The molecule has 2 heteroatoms. The maximum Gasteiger partial charge on any atom is 0.0243 e. The van der Waals surface area contributed by atoms with Crippen LogP contribution in [0.5, 0.6) is 0 Å². The lowest BCUT2D eigenvalue weighted by molar-refractivity contribution is 0.233. The van der Waals surface area contributed by atoms with Gasteiger partial charge in [0.1, 0.15) is 0 Å². The molecule has 0 saturated carbocycles. The van der Waals surface area contributed by atoms with Crippen molar-refractivity contribution in [1.82, 2.24) is 10.2 Å². The molecule has 1 aliphatic rings. The third-order valence-corrected chi connectivity index (χ3v) is 3.87. The minimum Gasteiger partial charge on any atom is -0.314 e. The summed E-state index contributed by atoms with van der Waals surface area (Å²) < 4.78 is 0. The van der Waals surface area contributed by atoms with Gasteiger partial charge >= 0.3 is 0 Å². The first-order valence-corrected chi connectivity index (χ1v) is 6.75. The van der Waals surface area contributed by atoms with Gasteiger partial charge in [-0.15, -0.1) is 0 Å². The fourth-order valence-corrected chi connectivity index (χ4v) is 2.75. The first-order chi connectivity index (χ1) is 8.84. The van der Waals surface area contributed by atoms with Gasteiger partial charge in [-0.05, 0) is 28.8 Å². The van der Waals surface area contributed by atoms with E-state index >= 15 is 0 Å². The van der Waals surface area contributed by atoms with E-state index in [2.05, 4.69) is 53.5 Å². The lowest BCUT2D eigenvalue weighted by Gasteiger charge is -2.28. The Hall–Kier alpha value is -1.38. The van der Waals surface area contributed by atoms with Crippen LogP contribution in [0, 0.1) is 6.92 Å². The van der Waals surface area contributed by atoms with E-state index in [4.69, 9.17) is 0 Å². The highest BCUT2D eigenvalue weighted by Crippen LogP contribution is 2.23. The fraction of sp³-hybridized carbons (Fsp3) is 0.375. The summed E-state index contributed by atoms with van der Waals surface area (Å²) in [6.07, 6.45) is 0. The van der Waals surface area contributed by atoms with Gasteiger partial charge in [-0.25, -0.2) is 0 Å². The van der Waals surface area contributed by atoms with E-state index in [-0.39, 0.29) is 0 Å². The summed E-state index contributed by atoms with van der Waals surface area (Å²) in [4.78, 5) is 2.55. The van der Waals surface area contributed by atoms with Gasteiger partial charge in [0.25, 0.3) is 0 Å². The molecule has 18 heavy (non-hydrogen) atoms. The second-order valence-corrected chi connectivity index (χ2v) is 5.11. The molecule has 0 aromatic heterocycles. The molecule has 0 bridgehead atoms. The van der Waals surface area contributed by atoms with Gasteiger partial charge in [0.15, 0.2) is 0 Å². The summed E-state index contributed by atoms with van der Waals surface area (Å²) in [5, 5.41) is 6.18. The van der Waals surface area contributed by atoms with Crippen LogP contribution in [-0.4, -0.2) is 31.1 Å². The SMILES string of the molecule is Cc1ccc2ccccc2c1CN1CCNCC1. The lowest BCUT2D eigenvalue weighted by atomic mass is 9.99. The van der Waals surface area contributed by atoms with Crippen LogP contribution in [0.3, 0.4) is 0 Å². The summed E-state index contributed by atoms with van der Waals surface area (Å²) in [5.74, 6) is 0. The molecule has 0 spiro atoms. The van der Waals surface area contributed by atoms with Crippen LogP contribution in [0.15, 0.2) is 36.4 Å². The van der Waals surface area contributed by atoms with Crippen molar-refractivity contribution in [2.75, 3.05) is 26.2 Å². The van der Waals surface area contributed by atoms with E-state index in [1.165, 1.54) is 21.9 Å². The summed E-state index contributed by atoms with van der Waals surface area (Å²) in [5.41, 5.74) is 2.90. The molecule has 1 heterocycles. The molecule has 2 nitrogen and oxygen atoms in total. The normalized spacial score (nSPS) is 17.2. The number of benzene rings is 2. The Morgan fingerprint density at radius 2 is 1.83 bits per heavy atom. The Morgan fingerprint density at radius 3 is 2.67 bits per heavy atom. The Morgan fingerprint density at radius 1 is 1.06 bits per heavy atom. The minimum absolute atomic E-state index is 1.08. The number of nitrogens with zero attached hydrogens (tertiary/aromatic N) is 1. The number of fused-ring (bicyclic) bond motifs is 1. The third kappa shape index (κ3) is 2.26. The summed E-state index contributed by atoms with van der Waals surface area (Å²) in [6, 6.07) is 13.2. The van der Waals surface area contributed by atoms with Crippen LogP contribution < -0.4 is 5.32 Å². The van der Waals surface area contributed by atoms with Gasteiger partial charge in [-0.1, -0.05) is 36.4 Å². The standard InChI is InChI=1S/C16H20N2/c1-13-6-7-14-4-2-3-5-15(14)16(13)12-18-10-8-17-9-11-18/h2-7,17H,8-12H2,1H3. The van der Waals surface area contributed by atoms with Crippen molar-refractivity contribution in [1.29, 1.82) is 0 Å². The molecule has 0 radical (unpaired) electrons. The molecule has 2 aromatic carbocycles. The molecular weight excluding hydrogens is 220 g/mol. The largest absolute Gasteiger partial charge is 0.314 e. The van der Waals surface area contributed by atoms with Crippen LogP contribution in [0.25, 0.3) is 10.8 Å². The van der Waals surface area contributed by atoms with Gasteiger partial charge in [-0.3, -0.25) is 4.90 Å². The van der Waals surface area contributed by atoms with Crippen molar-refractivity contribution < 1.29 is 0 Å². The van der Waals surface area contributed by atoms with Crippen molar-refractivity contribution in [3.8, 4) is 0 Å². The van der Waals surface area contributed by atoms with Gasteiger partial charge in [0, 0.05) is 32.7 Å². The molecule has 2 aromatic rings. The molecule has 3 rings (SSSR count). The van der Waals surface area contributed by atoms with Crippen LogP contribution >= 0.6 is 0 Å². The molecule has 0 amide bonds. The third-order valence-electron chi connectivity index (χ3n) is 3.87. The molecule has 94 valence electrons.